The van der Waals surface area contributed by atoms with Crippen molar-refractivity contribution >= 4 is 17.3 Å². The van der Waals surface area contributed by atoms with Crippen molar-refractivity contribution < 1.29 is 17.9 Å². The van der Waals surface area contributed by atoms with Gasteiger partial charge in [-0.05, 0) is 12.1 Å². The molecule has 1 aliphatic rings. The Kier molecular flexibility index (Phi) is 5.96. The first-order valence-electron chi connectivity index (χ1n) is 9.36. The summed E-state index contributed by atoms with van der Waals surface area (Å²) in [6.07, 6.45) is -4.96. The Morgan fingerprint density at radius 2 is 1.94 bits per heavy atom. The summed E-state index contributed by atoms with van der Waals surface area (Å²) in [5, 5.41) is 13.0. The van der Waals surface area contributed by atoms with Crippen LogP contribution in [-0.4, -0.2) is 56.8 Å². The van der Waals surface area contributed by atoms with Gasteiger partial charge in [0.1, 0.15) is 5.69 Å². The minimum Gasteiger partial charge on any atom is -0.365 e. The number of ether oxygens (including phenoxy) is 1. The Bertz CT molecular complexity index is 1110. The van der Waals surface area contributed by atoms with E-state index in [0.29, 0.717) is 22.1 Å². The number of nitrogens with zero attached hydrogens (tertiary/aromatic N) is 6. The topological polar surface area (TPSA) is 78.1 Å². The lowest BCUT2D eigenvalue weighted by molar-refractivity contribution is -0.162. The van der Waals surface area contributed by atoms with Crippen LogP contribution in [-0.2, 0) is 18.3 Å². The zero-order chi connectivity index (χ0) is 22.1. The van der Waals surface area contributed by atoms with Gasteiger partial charge in [-0.25, -0.2) is 22.5 Å². The zero-order valence-corrected chi connectivity index (χ0v) is 17.1. The number of hydrogen-bond acceptors (Lipinski definition) is 6. The van der Waals surface area contributed by atoms with Gasteiger partial charge in [-0.1, -0.05) is 28.9 Å². The third-order valence-corrected chi connectivity index (χ3v) is 5.20. The van der Waals surface area contributed by atoms with Gasteiger partial charge in [0, 0.05) is 36.8 Å². The summed E-state index contributed by atoms with van der Waals surface area (Å²) in [6.45, 7) is 0.541. The van der Waals surface area contributed by atoms with Gasteiger partial charge in [-0.15, -0.1) is 5.10 Å². The highest BCUT2D eigenvalue weighted by Gasteiger charge is 2.33. The number of rotatable bonds is 7. The third kappa shape index (κ3) is 4.57. The van der Waals surface area contributed by atoms with E-state index in [9.17, 15) is 18.0 Å². The maximum atomic E-state index is 13.0. The van der Waals surface area contributed by atoms with Gasteiger partial charge >= 0.3 is 0 Å². The Hall–Kier alpha value is -2.92. The average Bonchev–Trinajstić information content (AvgIpc) is 3.06. The molecule has 0 N–H and O–H groups in total. The van der Waals surface area contributed by atoms with Crippen molar-refractivity contribution in [3.8, 4) is 11.3 Å². The normalized spacial score (nSPS) is 15.4. The maximum absolute atomic E-state index is 13.0. The molecule has 1 aromatic carbocycles. The van der Waals surface area contributed by atoms with Crippen molar-refractivity contribution in [2.45, 2.75) is 25.4 Å². The standard InChI is InChI=1S/C19H18ClF3N6O2/c1-27-15(17(25-26-27)11-2-4-12(20)5-3-11)10-29-16(30)6-13(7-24-29)28-8-14(9-28)31-19(23)18(21)22/h2-7,14,18-19H,8-10H2,1H3. The number of aryl methyl sites for hydroxylation is 1. The van der Waals surface area contributed by atoms with Crippen LogP contribution < -0.4 is 10.5 Å². The van der Waals surface area contributed by atoms with Crippen LogP contribution in [0.3, 0.4) is 0 Å². The molecule has 0 spiro atoms. The van der Waals surface area contributed by atoms with Crippen LogP contribution in [0.4, 0.5) is 18.9 Å². The van der Waals surface area contributed by atoms with E-state index in [4.69, 9.17) is 11.6 Å². The van der Waals surface area contributed by atoms with Crippen LogP contribution in [0, 0.1) is 0 Å². The van der Waals surface area contributed by atoms with Gasteiger partial charge < -0.3 is 9.64 Å². The molecule has 31 heavy (non-hydrogen) atoms. The number of aromatic nitrogens is 5. The Morgan fingerprint density at radius 1 is 1.23 bits per heavy atom. The smallest absolute Gasteiger partial charge is 0.293 e. The van der Waals surface area contributed by atoms with E-state index in [-0.39, 0.29) is 25.2 Å². The Balaban J connectivity index is 1.47. The monoisotopic (exact) mass is 454 g/mol. The van der Waals surface area contributed by atoms with Crippen molar-refractivity contribution in [3.63, 3.8) is 0 Å². The second-order valence-electron chi connectivity index (χ2n) is 7.07. The molecule has 8 nitrogen and oxygen atoms in total. The molecule has 1 fully saturated rings. The molecule has 0 aliphatic carbocycles. The third-order valence-electron chi connectivity index (χ3n) is 4.95. The van der Waals surface area contributed by atoms with Crippen molar-refractivity contribution in [2.75, 3.05) is 18.0 Å². The molecule has 2 aromatic heterocycles. The van der Waals surface area contributed by atoms with E-state index < -0.39 is 18.9 Å². The molecule has 164 valence electrons. The largest absolute Gasteiger partial charge is 0.365 e. The Morgan fingerprint density at radius 3 is 2.58 bits per heavy atom. The lowest BCUT2D eigenvalue weighted by atomic mass is 10.1. The van der Waals surface area contributed by atoms with Crippen LogP contribution in [0.1, 0.15) is 5.69 Å². The summed E-state index contributed by atoms with van der Waals surface area (Å²) < 4.78 is 44.8. The van der Waals surface area contributed by atoms with E-state index in [2.05, 4.69) is 20.1 Å². The number of halogens is 4. The van der Waals surface area contributed by atoms with E-state index in [1.807, 2.05) is 12.1 Å². The molecule has 0 saturated carbocycles. The quantitative estimate of drug-likeness (QED) is 0.546. The number of alkyl halides is 3. The van der Waals surface area contributed by atoms with Gasteiger partial charge in [0.05, 0.1) is 30.2 Å². The Labute approximate surface area is 179 Å². The molecule has 0 bridgehead atoms. The molecular formula is C19H18ClF3N6O2. The van der Waals surface area contributed by atoms with Crippen LogP contribution in [0.5, 0.6) is 0 Å². The van der Waals surface area contributed by atoms with Crippen LogP contribution in [0.25, 0.3) is 11.3 Å². The molecular weight excluding hydrogens is 437 g/mol. The fraction of sp³-hybridized carbons (Fsp3) is 0.368. The molecule has 12 heteroatoms. The predicted molar refractivity (Wildman–Crippen MR) is 107 cm³/mol. The molecule has 3 aromatic rings. The number of anilines is 1. The summed E-state index contributed by atoms with van der Waals surface area (Å²) in [6, 6.07) is 8.49. The fourth-order valence-electron chi connectivity index (χ4n) is 3.22. The molecule has 1 saturated heterocycles. The molecule has 1 unspecified atom stereocenters. The van der Waals surface area contributed by atoms with Gasteiger partial charge in [0.2, 0.25) is 0 Å². The second kappa shape index (κ2) is 8.67. The van der Waals surface area contributed by atoms with Gasteiger partial charge in [0.15, 0.2) is 0 Å². The van der Waals surface area contributed by atoms with E-state index in [1.54, 1.807) is 28.8 Å². The van der Waals surface area contributed by atoms with E-state index in [0.717, 1.165) is 5.56 Å². The SMILES string of the molecule is Cn1nnc(-c2ccc(Cl)cc2)c1Cn1ncc(N2CC(OC(F)C(F)F)C2)cc1=O. The van der Waals surface area contributed by atoms with Crippen molar-refractivity contribution in [1.29, 1.82) is 0 Å². The highest BCUT2D eigenvalue weighted by atomic mass is 35.5. The summed E-state index contributed by atoms with van der Waals surface area (Å²) >= 11 is 5.94. The number of benzene rings is 1. The lowest BCUT2D eigenvalue weighted by Gasteiger charge is -2.40. The number of hydrogen-bond donors (Lipinski definition) is 0. The maximum Gasteiger partial charge on any atom is 0.293 e. The first-order chi connectivity index (χ1) is 14.8. The summed E-state index contributed by atoms with van der Waals surface area (Å²) in [7, 11) is 1.72. The molecule has 3 heterocycles. The van der Waals surface area contributed by atoms with Crippen molar-refractivity contribution in [2.24, 2.45) is 7.05 Å². The van der Waals surface area contributed by atoms with Gasteiger partial charge in [-0.2, -0.15) is 5.10 Å². The lowest BCUT2D eigenvalue weighted by Crippen LogP contribution is -2.54. The van der Waals surface area contributed by atoms with Crippen molar-refractivity contribution in [3.05, 3.63) is 57.6 Å². The van der Waals surface area contributed by atoms with Gasteiger partial charge in [-0.3, -0.25) is 4.79 Å². The van der Waals surface area contributed by atoms with Crippen molar-refractivity contribution in [1.82, 2.24) is 24.8 Å². The minimum absolute atomic E-state index is 0.143. The molecule has 1 atom stereocenters. The molecule has 0 radical (unpaired) electrons. The fourth-order valence-corrected chi connectivity index (χ4v) is 3.35. The molecule has 4 rings (SSSR count). The van der Waals surface area contributed by atoms with Gasteiger partial charge in [0.25, 0.3) is 18.3 Å². The predicted octanol–water partition coefficient (Wildman–Crippen LogP) is 2.51. The highest BCUT2D eigenvalue weighted by Crippen LogP contribution is 2.24. The zero-order valence-electron chi connectivity index (χ0n) is 16.3. The summed E-state index contributed by atoms with van der Waals surface area (Å²) in [4.78, 5) is 14.3. The first kappa shape index (κ1) is 21.3. The van der Waals surface area contributed by atoms with E-state index in [1.165, 1.54) is 16.9 Å². The van der Waals surface area contributed by atoms with Crippen LogP contribution in [0.15, 0.2) is 41.3 Å². The second-order valence-corrected chi connectivity index (χ2v) is 7.51. The molecule has 1 aliphatic heterocycles. The first-order valence-corrected chi connectivity index (χ1v) is 9.74. The average molecular weight is 455 g/mol. The molecule has 0 amide bonds. The minimum atomic E-state index is -3.18. The summed E-state index contributed by atoms with van der Waals surface area (Å²) in [5.74, 6) is 0. The van der Waals surface area contributed by atoms with Crippen LogP contribution in [0.2, 0.25) is 5.02 Å². The van der Waals surface area contributed by atoms with E-state index >= 15 is 0 Å². The van der Waals surface area contributed by atoms with Crippen LogP contribution >= 0.6 is 11.6 Å². The highest BCUT2D eigenvalue weighted by molar-refractivity contribution is 6.30. The summed E-state index contributed by atoms with van der Waals surface area (Å²) in [5.41, 5.74) is 2.25.